The van der Waals surface area contributed by atoms with Gasteiger partial charge in [0.1, 0.15) is 0 Å². The summed E-state index contributed by atoms with van der Waals surface area (Å²) in [6, 6.07) is 1.92. The second kappa shape index (κ2) is 6.70. The molecule has 3 N–H and O–H groups in total. The summed E-state index contributed by atoms with van der Waals surface area (Å²) >= 11 is 1.29. The van der Waals surface area contributed by atoms with Crippen LogP contribution in [-0.4, -0.2) is 23.7 Å². The number of carboxylic acids is 1. The van der Waals surface area contributed by atoms with E-state index in [1.807, 2.05) is 0 Å². The fraction of sp³-hybridized carbons (Fsp3) is 0.273. The lowest BCUT2D eigenvalue weighted by Gasteiger charge is -2.13. The highest BCUT2D eigenvalue weighted by atomic mass is 32.1. The molecule has 0 aliphatic rings. The molecule has 0 radical (unpaired) electrons. The number of carbonyl (C=O) groups is 2. The van der Waals surface area contributed by atoms with Gasteiger partial charge in [0, 0.05) is 11.4 Å². The zero-order valence-corrected chi connectivity index (χ0v) is 10.00. The van der Waals surface area contributed by atoms with Gasteiger partial charge < -0.3 is 15.7 Å². The van der Waals surface area contributed by atoms with Crippen LogP contribution in [0.5, 0.6) is 0 Å². The average Bonchev–Trinajstić information content (AvgIpc) is 2.79. The van der Waals surface area contributed by atoms with Crippen LogP contribution in [0.15, 0.2) is 30.2 Å². The van der Waals surface area contributed by atoms with Gasteiger partial charge in [-0.05, 0) is 17.9 Å². The summed E-state index contributed by atoms with van der Waals surface area (Å²) in [5, 5.41) is 15.7. The van der Waals surface area contributed by atoms with Crippen LogP contribution in [0.2, 0.25) is 0 Å². The molecule has 1 aromatic heterocycles. The van der Waals surface area contributed by atoms with Gasteiger partial charge in [0.2, 0.25) is 0 Å². The number of thiophene rings is 1. The maximum atomic E-state index is 11.4. The molecule has 0 bridgehead atoms. The molecule has 0 aliphatic carbocycles. The third-order valence-corrected chi connectivity index (χ3v) is 2.92. The molecule has 1 atom stereocenters. The van der Waals surface area contributed by atoms with E-state index in [9.17, 15) is 9.59 Å². The summed E-state index contributed by atoms with van der Waals surface area (Å²) in [7, 11) is 0. The number of aliphatic carboxylic acids is 1. The molecule has 1 heterocycles. The van der Waals surface area contributed by atoms with Crippen molar-refractivity contribution >= 4 is 23.3 Å². The van der Waals surface area contributed by atoms with Crippen LogP contribution in [0.3, 0.4) is 0 Å². The van der Waals surface area contributed by atoms with Crippen molar-refractivity contribution in [3.05, 3.63) is 35.0 Å². The summed E-state index contributed by atoms with van der Waals surface area (Å²) in [6.45, 7) is 3.96. The first kappa shape index (κ1) is 13.2. The molecule has 2 amide bonds. The highest BCUT2D eigenvalue weighted by Gasteiger charge is 2.22. The quantitative estimate of drug-likeness (QED) is 0.534. The second-order valence-corrected chi connectivity index (χ2v) is 4.24. The van der Waals surface area contributed by atoms with Crippen molar-refractivity contribution in [2.24, 2.45) is 0 Å². The lowest BCUT2D eigenvalue weighted by Crippen LogP contribution is -2.40. The third kappa shape index (κ3) is 4.28. The van der Waals surface area contributed by atoms with Crippen molar-refractivity contribution < 1.29 is 14.7 Å². The lowest BCUT2D eigenvalue weighted by atomic mass is 10.2. The lowest BCUT2D eigenvalue weighted by molar-refractivity contribution is -0.139. The zero-order chi connectivity index (χ0) is 12.7. The van der Waals surface area contributed by atoms with Crippen molar-refractivity contribution in [2.75, 3.05) is 6.54 Å². The first-order valence-electron chi connectivity index (χ1n) is 5.06. The van der Waals surface area contributed by atoms with E-state index in [0.717, 1.165) is 0 Å². The largest absolute Gasteiger partial charge is 0.479 e. The van der Waals surface area contributed by atoms with Crippen LogP contribution >= 0.6 is 11.3 Å². The number of hydrogen-bond acceptors (Lipinski definition) is 3. The molecule has 0 saturated carbocycles. The Morgan fingerprint density at radius 3 is 2.88 bits per heavy atom. The smallest absolute Gasteiger partial charge is 0.331 e. The van der Waals surface area contributed by atoms with Crippen molar-refractivity contribution in [1.29, 1.82) is 0 Å². The SMILES string of the molecule is C=CCCNC(=O)NC(C(=O)O)c1cccs1. The Morgan fingerprint density at radius 1 is 1.59 bits per heavy atom. The van der Waals surface area contributed by atoms with Gasteiger partial charge in [0.05, 0.1) is 0 Å². The van der Waals surface area contributed by atoms with Crippen molar-refractivity contribution in [3.63, 3.8) is 0 Å². The van der Waals surface area contributed by atoms with Gasteiger partial charge in [-0.2, -0.15) is 0 Å². The van der Waals surface area contributed by atoms with Crippen LogP contribution in [0, 0.1) is 0 Å². The molecular formula is C11H14N2O3S. The molecule has 1 unspecified atom stereocenters. The Hall–Kier alpha value is -1.82. The van der Waals surface area contributed by atoms with E-state index < -0.39 is 18.0 Å². The Labute approximate surface area is 103 Å². The number of hydrogen-bond donors (Lipinski definition) is 3. The predicted octanol–water partition coefficient (Wildman–Crippen LogP) is 1.75. The Balaban J connectivity index is 2.53. The number of rotatable bonds is 6. The fourth-order valence-corrected chi connectivity index (χ4v) is 1.95. The molecule has 0 fully saturated rings. The van der Waals surface area contributed by atoms with Crippen molar-refractivity contribution in [2.45, 2.75) is 12.5 Å². The maximum Gasteiger partial charge on any atom is 0.331 e. The van der Waals surface area contributed by atoms with Gasteiger partial charge in [-0.15, -0.1) is 17.9 Å². The molecule has 1 aromatic rings. The number of nitrogens with one attached hydrogen (secondary N) is 2. The minimum atomic E-state index is -1.08. The number of urea groups is 1. The van der Waals surface area contributed by atoms with E-state index in [0.29, 0.717) is 17.8 Å². The van der Waals surface area contributed by atoms with Crippen LogP contribution in [-0.2, 0) is 4.79 Å². The molecule has 6 heteroatoms. The van der Waals surface area contributed by atoms with Crippen LogP contribution in [0.1, 0.15) is 17.3 Å². The number of carboxylic acid groups (broad SMARTS) is 1. The number of amides is 2. The maximum absolute atomic E-state index is 11.4. The van der Waals surface area contributed by atoms with Gasteiger partial charge in [-0.3, -0.25) is 0 Å². The normalized spacial score (nSPS) is 11.5. The standard InChI is InChI=1S/C11H14N2O3S/c1-2-3-6-12-11(16)13-9(10(14)15)8-5-4-7-17-8/h2,4-5,7,9H,1,3,6H2,(H,14,15)(H2,12,13,16). The van der Waals surface area contributed by atoms with Crippen molar-refractivity contribution in [1.82, 2.24) is 10.6 Å². The summed E-state index contributed by atoms with van der Waals surface area (Å²) in [6.07, 6.45) is 2.32. The van der Waals surface area contributed by atoms with Crippen LogP contribution < -0.4 is 10.6 Å². The highest BCUT2D eigenvalue weighted by molar-refractivity contribution is 7.10. The highest BCUT2D eigenvalue weighted by Crippen LogP contribution is 2.18. The fourth-order valence-electron chi connectivity index (χ4n) is 1.18. The van der Waals surface area contributed by atoms with E-state index in [1.54, 1.807) is 23.6 Å². The topological polar surface area (TPSA) is 78.4 Å². The monoisotopic (exact) mass is 254 g/mol. The molecule has 17 heavy (non-hydrogen) atoms. The van der Waals surface area contributed by atoms with Gasteiger partial charge in [-0.1, -0.05) is 12.1 Å². The third-order valence-electron chi connectivity index (χ3n) is 1.98. The Morgan fingerprint density at radius 2 is 2.35 bits per heavy atom. The minimum Gasteiger partial charge on any atom is -0.479 e. The molecular weight excluding hydrogens is 240 g/mol. The molecule has 92 valence electrons. The zero-order valence-electron chi connectivity index (χ0n) is 9.18. The van der Waals surface area contributed by atoms with Gasteiger partial charge in [0.15, 0.2) is 6.04 Å². The number of carbonyl (C=O) groups excluding carboxylic acids is 1. The van der Waals surface area contributed by atoms with Gasteiger partial charge in [-0.25, -0.2) is 9.59 Å². The Bertz CT molecular complexity index is 389. The molecule has 0 saturated heterocycles. The second-order valence-electron chi connectivity index (χ2n) is 3.26. The van der Waals surface area contributed by atoms with Crippen LogP contribution in [0.25, 0.3) is 0 Å². The van der Waals surface area contributed by atoms with E-state index in [2.05, 4.69) is 17.2 Å². The minimum absolute atomic E-state index is 0.437. The first-order valence-corrected chi connectivity index (χ1v) is 5.94. The molecule has 1 rings (SSSR count). The summed E-state index contributed by atoms with van der Waals surface area (Å²) in [5.74, 6) is -1.08. The first-order chi connectivity index (χ1) is 8.15. The van der Waals surface area contributed by atoms with Gasteiger partial charge in [0.25, 0.3) is 0 Å². The van der Waals surface area contributed by atoms with Crippen LogP contribution in [0.4, 0.5) is 4.79 Å². The molecule has 5 nitrogen and oxygen atoms in total. The van der Waals surface area contributed by atoms with E-state index >= 15 is 0 Å². The summed E-state index contributed by atoms with van der Waals surface area (Å²) < 4.78 is 0. The summed E-state index contributed by atoms with van der Waals surface area (Å²) in [5.41, 5.74) is 0. The van der Waals surface area contributed by atoms with E-state index in [4.69, 9.17) is 5.11 Å². The molecule has 0 aliphatic heterocycles. The van der Waals surface area contributed by atoms with Crippen molar-refractivity contribution in [3.8, 4) is 0 Å². The molecule has 0 aromatic carbocycles. The van der Waals surface area contributed by atoms with E-state index in [-0.39, 0.29) is 0 Å². The van der Waals surface area contributed by atoms with Gasteiger partial charge >= 0.3 is 12.0 Å². The summed E-state index contributed by atoms with van der Waals surface area (Å²) in [4.78, 5) is 23.0. The average molecular weight is 254 g/mol. The predicted molar refractivity (Wildman–Crippen MR) is 66.0 cm³/mol. The van der Waals surface area contributed by atoms with E-state index in [1.165, 1.54) is 11.3 Å². The molecule has 0 spiro atoms. The Kier molecular flexibility index (Phi) is 5.22.